The van der Waals surface area contributed by atoms with Crippen LogP contribution in [0.2, 0.25) is 5.02 Å². The molecule has 3 aromatic rings. The van der Waals surface area contributed by atoms with Gasteiger partial charge in [-0.2, -0.15) is 0 Å². The van der Waals surface area contributed by atoms with Crippen LogP contribution in [0.25, 0.3) is 5.76 Å². The summed E-state index contributed by atoms with van der Waals surface area (Å²) in [5.41, 5.74) is 0.844. The minimum atomic E-state index is -1.03. The van der Waals surface area contributed by atoms with Crippen molar-refractivity contribution in [3.05, 3.63) is 94.3 Å². The molecule has 1 unspecified atom stereocenters. The van der Waals surface area contributed by atoms with Crippen LogP contribution in [0.15, 0.2) is 72.3 Å². The number of anilines is 1. The fourth-order valence-corrected chi connectivity index (χ4v) is 4.10. The van der Waals surface area contributed by atoms with E-state index in [1.807, 2.05) is 0 Å². The van der Waals surface area contributed by atoms with Crippen LogP contribution in [-0.4, -0.2) is 31.0 Å². The van der Waals surface area contributed by atoms with Gasteiger partial charge in [0.05, 0.1) is 36.4 Å². The second-order valence-corrected chi connectivity index (χ2v) is 7.65. The summed E-state index contributed by atoms with van der Waals surface area (Å²) in [6, 6.07) is 15.6. The third-order valence-corrected chi connectivity index (χ3v) is 5.70. The molecule has 1 heterocycles. The molecule has 1 fully saturated rings. The molecule has 0 aliphatic carbocycles. The Morgan fingerprint density at radius 1 is 0.970 bits per heavy atom. The number of carbonyl (C=O) groups is 2. The van der Waals surface area contributed by atoms with Crippen LogP contribution in [-0.2, 0) is 9.59 Å². The van der Waals surface area contributed by atoms with Gasteiger partial charge in [0.25, 0.3) is 11.7 Å². The first-order valence-corrected chi connectivity index (χ1v) is 10.3. The lowest BCUT2D eigenvalue weighted by Crippen LogP contribution is -2.29. The van der Waals surface area contributed by atoms with Crippen molar-refractivity contribution in [2.75, 3.05) is 19.1 Å². The predicted octanol–water partition coefficient (Wildman–Crippen LogP) is 5.12. The molecule has 3 aromatic carbocycles. The highest BCUT2D eigenvalue weighted by Gasteiger charge is 2.47. The molecule has 0 spiro atoms. The van der Waals surface area contributed by atoms with Crippen LogP contribution in [0.5, 0.6) is 11.5 Å². The van der Waals surface area contributed by atoms with Gasteiger partial charge in [-0.05, 0) is 48.0 Å². The number of nitrogens with zero attached hydrogens (tertiary/aromatic N) is 1. The second kappa shape index (κ2) is 8.96. The number of aliphatic hydroxyl groups excluding tert-OH is 1. The number of aliphatic hydroxyl groups is 1. The van der Waals surface area contributed by atoms with Crippen molar-refractivity contribution >= 4 is 34.7 Å². The van der Waals surface area contributed by atoms with Gasteiger partial charge < -0.3 is 14.6 Å². The van der Waals surface area contributed by atoms with Crippen molar-refractivity contribution in [2.45, 2.75) is 6.04 Å². The molecule has 1 aliphatic heterocycles. The van der Waals surface area contributed by atoms with Crippen LogP contribution in [0.1, 0.15) is 17.2 Å². The molecular formula is C25H19ClFNO5. The van der Waals surface area contributed by atoms with E-state index >= 15 is 0 Å². The zero-order chi connectivity index (χ0) is 23.7. The van der Waals surface area contributed by atoms with E-state index in [1.165, 1.54) is 49.5 Å². The summed E-state index contributed by atoms with van der Waals surface area (Å²) in [5.74, 6) is -1.91. The summed E-state index contributed by atoms with van der Waals surface area (Å²) >= 11 is 6.27. The maximum atomic E-state index is 13.6. The highest BCUT2D eigenvalue weighted by Crippen LogP contribution is 2.44. The Balaban J connectivity index is 1.96. The van der Waals surface area contributed by atoms with E-state index in [1.54, 1.807) is 36.4 Å². The number of methoxy groups -OCH3 is 2. The first-order valence-electron chi connectivity index (χ1n) is 9.90. The van der Waals surface area contributed by atoms with Crippen LogP contribution >= 0.6 is 11.6 Å². The van der Waals surface area contributed by atoms with E-state index in [0.717, 1.165) is 0 Å². The Labute approximate surface area is 194 Å². The number of ketones is 1. The lowest BCUT2D eigenvalue weighted by Gasteiger charge is -2.26. The van der Waals surface area contributed by atoms with Crippen LogP contribution in [0.3, 0.4) is 0 Å². The number of carbonyl (C=O) groups excluding carboxylic acids is 2. The molecule has 33 heavy (non-hydrogen) atoms. The highest BCUT2D eigenvalue weighted by molar-refractivity contribution is 6.52. The van der Waals surface area contributed by atoms with Crippen LogP contribution in [0.4, 0.5) is 10.1 Å². The van der Waals surface area contributed by atoms with Crippen molar-refractivity contribution in [3.63, 3.8) is 0 Å². The van der Waals surface area contributed by atoms with Crippen molar-refractivity contribution in [1.82, 2.24) is 0 Å². The van der Waals surface area contributed by atoms with Crippen LogP contribution in [0, 0.1) is 5.82 Å². The summed E-state index contributed by atoms with van der Waals surface area (Å²) in [7, 11) is 2.89. The maximum Gasteiger partial charge on any atom is 0.300 e. The summed E-state index contributed by atoms with van der Waals surface area (Å²) in [5, 5.41) is 11.4. The number of Topliss-reactive ketones (excluding diaryl/α,β-unsaturated/α-hetero) is 1. The Bertz CT molecular complexity index is 1270. The molecule has 1 N–H and O–H groups in total. The smallest absolute Gasteiger partial charge is 0.300 e. The van der Waals surface area contributed by atoms with Gasteiger partial charge in [-0.1, -0.05) is 35.9 Å². The monoisotopic (exact) mass is 467 g/mol. The quantitative estimate of drug-likeness (QED) is 0.320. The number of ether oxygens (including phenoxy) is 2. The molecule has 1 saturated heterocycles. The first-order chi connectivity index (χ1) is 15.9. The first kappa shape index (κ1) is 22.4. The van der Waals surface area contributed by atoms with E-state index in [0.29, 0.717) is 22.7 Å². The molecule has 1 amide bonds. The molecule has 0 bridgehead atoms. The Hall–Kier alpha value is -3.84. The fourth-order valence-electron chi connectivity index (χ4n) is 3.85. The largest absolute Gasteiger partial charge is 0.507 e. The fraction of sp³-hybridized carbons (Fsp3) is 0.120. The van der Waals surface area contributed by atoms with Gasteiger partial charge in [0.2, 0.25) is 0 Å². The lowest BCUT2D eigenvalue weighted by molar-refractivity contribution is -0.132. The van der Waals surface area contributed by atoms with Crippen molar-refractivity contribution in [1.29, 1.82) is 0 Å². The summed E-state index contributed by atoms with van der Waals surface area (Å²) in [6.45, 7) is 0. The van der Waals surface area contributed by atoms with Crippen molar-refractivity contribution in [3.8, 4) is 11.5 Å². The highest BCUT2D eigenvalue weighted by atomic mass is 35.5. The topological polar surface area (TPSA) is 76.1 Å². The molecule has 1 aliphatic rings. The van der Waals surface area contributed by atoms with E-state index < -0.39 is 29.3 Å². The van der Waals surface area contributed by atoms with E-state index in [4.69, 9.17) is 21.1 Å². The molecule has 168 valence electrons. The molecule has 6 nitrogen and oxygen atoms in total. The molecule has 0 aromatic heterocycles. The Morgan fingerprint density at radius 2 is 1.64 bits per heavy atom. The molecule has 0 radical (unpaired) electrons. The van der Waals surface area contributed by atoms with Gasteiger partial charge in [-0.15, -0.1) is 0 Å². The molecule has 1 atom stereocenters. The minimum absolute atomic E-state index is 0.150. The molecule has 0 saturated carbocycles. The maximum absolute atomic E-state index is 13.6. The SMILES string of the molecule is COc1ccc(N2C(=O)C(=O)/C(=C(/O)c3ccccc3OC)C2c2ccc(F)cc2)cc1Cl. The van der Waals surface area contributed by atoms with Gasteiger partial charge in [0, 0.05) is 5.69 Å². The van der Waals surface area contributed by atoms with E-state index in [2.05, 4.69) is 0 Å². The molecule has 4 rings (SSSR count). The number of rotatable bonds is 5. The predicted molar refractivity (Wildman–Crippen MR) is 122 cm³/mol. The lowest BCUT2D eigenvalue weighted by atomic mass is 9.95. The standard InChI is InChI=1S/C25H19ClFNO5/c1-32-19-6-4-3-5-17(19)23(29)21-22(14-7-9-15(27)10-8-14)28(25(31)24(21)30)16-11-12-20(33-2)18(26)13-16/h3-13,22,29H,1-2H3/b23-21+. The number of para-hydroxylation sites is 1. The average molecular weight is 468 g/mol. The molecular weight excluding hydrogens is 449 g/mol. The summed E-state index contributed by atoms with van der Waals surface area (Å²) in [4.78, 5) is 27.6. The third kappa shape index (κ3) is 3.91. The average Bonchev–Trinajstić information content (AvgIpc) is 3.09. The van der Waals surface area contributed by atoms with Gasteiger partial charge >= 0.3 is 0 Å². The number of benzene rings is 3. The number of halogens is 2. The van der Waals surface area contributed by atoms with Gasteiger partial charge in [-0.3, -0.25) is 14.5 Å². The van der Waals surface area contributed by atoms with Crippen LogP contribution < -0.4 is 14.4 Å². The van der Waals surface area contributed by atoms with Gasteiger partial charge in [-0.25, -0.2) is 4.39 Å². The Kier molecular flexibility index (Phi) is 6.07. The number of hydrogen-bond donors (Lipinski definition) is 1. The third-order valence-electron chi connectivity index (χ3n) is 5.41. The van der Waals surface area contributed by atoms with Crippen molar-refractivity contribution in [2.24, 2.45) is 0 Å². The summed E-state index contributed by atoms with van der Waals surface area (Å²) < 4.78 is 24.1. The number of hydrogen-bond acceptors (Lipinski definition) is 5. The van der Waals surface area contributed by atoms with Gasteiger partial charge in [0.15, 0.2) is 0 Å². The second-order valence-electron chi connectivity index (χ2n) is 7.24. The zero-order valence-corrected chi connectivity index (χ0v) is 18.5. The molecule has 8 heteroatoms. The van der Waals surface area contributed by atoms with Gasteiger partial charge in [0.1, 0.15) is 23.1 Å². The van der Waals surface area contributed by atoms with E-state index in [9.17, 15) is 19.1 Å². The minimum Gasteiger partial charge on any atom is -0.507 e. The Morgan fingerprint density at radius 3 is 2.27 bits per heavy atom. The zero-order valence-electron chi connectivity index (χ0n) is 17.7. The summed E-state index contributed by atoms with van der Waals surface area (Å²) in [6.07, 6.45) is 0. The van der Waals surface area contributed by atoms with E-state index in [-0.39, 0.29) is 16.2 Å². The normalized spacial score (nSPS) is 17.3. The van der Waals surface area contributed by atoms with Crippen molar-refractivity contribution < 1.29 is 28.6 Å². The number of amides is 1.